The van der Waals surface area contributed by atoms with E-state index in [9.17, 15) is 24.6 Å². The minimum Gasteiger partial charge on any atom is -0.480 e. The summed E-state index contributed by atoms with van der Waals surface area (Å²) in [5.41, 5.74) is 2.98. The molecule has 0 aliphatic carbocycles. The van der Waals surface area contributed by atoms with E-state index in [1.54, 1.807) is 0 Å². The predicted molar refractivity (Wildman–Crippen MR) is 108 cm³/mol. The van der Waals surface area contributed by atoms with Gasteiger partial charge in [-0.25, -0.2) is 4.98 Å². The topological polar surface area (TPSA) is 129 Å². The maximum Gasteiger partial charge on any atom is 0.321 e. The van der Waals surface area contributed by atoms with E-state index < -0.39 is 36.4 Å². The summed E-state index contributed by atoms with van der Waals surface area (Å²) in [7, 11) is 0. The summed E-state index contributed by atoms with van der Waals surface area (Å²) < 4.78 is 0.925. The molecule has 1 amide bonds. The van der Waals surface area contributed by atoms with E-state index in [-0.39, 0.29) is 12.3 Å². The zero-order valence-corrected chi connectivity index (χ0v) is 17.1. The summed E-state index contributed by atoms with van der Waals surface area (Å²) in [6.45, 7) is 7.66. The molecule has 0 fully saturated rings. The average molecular weight is 407 g/mol. The monoisotopic (exact) mass is 407 g/mol. The van der Waals surface area contributed by atoms with Crippen molar-refractivity contribution in [1.82, 2.24) is 10.3 Å². The summed E-state index contributed by atoms with van der Waals surface area (Å²) in [6, 6.07) is 1.58. The number of aromatic nitrogens is 1. The van der Waals surface area contributed by atoms with Crippen LogP contribution in [0.3, 0.4) is 0 Å². The minimum absolute atomic E-state index is 0.0616. The Balaban J connectivity index is 2.07. The Morgan fingerprint density at radius 1 is 1.07 bits per heavy atom. The number of anilines is 1. The second-order valence-corrected chi connectivity index (χ2v) is 8.28. The maximum absolute atomic E-state index is 12.3. The molecular weight excluding hydrogens is 382 g/mol. The van der Waals surface area contributed by atoms with E-state index in [0.29, 0.717) is 5.13 Å². The fourth-order valence-corrected chi connectivity index (χ4v) is 3.72. The van der Waals surface area contributed by atoms with Crippen LogP contribution in [-0.4, -0.2) is 45.1 Å². The first-order valence-electron chi connectivity index (χ1n) is 8.96. The summed E-state index contributed by atoms with van der Waals surface area (Å²) in [4.78, 5) is 39.5. The van der Waals surface area contributed by atoms with Gasteiger partial charge >= 0.3 is 11.9 Å². The van der Waals surface area contributed by atoms with Crippen LogP contribution in [0.2, 0.25) is 0 Å². The molecule has 4 N–H and O–H groups in total. The number of fused-ring (bicyclic) bond motifs is 1. The number of aliphatic carboxylic acids is 2. The summed E-state index contributed by atoms with van der Waals surface area (Å²) in [5, 5.41) is 24.2. The number of nitrogens with zero attached hydrogens (tertiary/aromatic N) is 1. The van der Waals surface area contributed by atoms with Gasteiger partial charge in [0, 0.05) is 0 Å². The molecule has 152 valence electrons. The van der Waals surface area contributed by atoms with Gasteiger partial charge in [0.1, 0.15) is 12.1 Å². The van der Waals surface area contributed by atoms with E-state index in [4.69, 9.17) is 0 Å². The third-order valence-electron chi connectivity index (χ3n) is 4.35. The Bertz CT molecular complexity index is 854. The lowest BCUT2D eigenvalue weighted by Crippen LogP contribution is -2.49. The van der Waals surface area contributed by atoms with Crippen LogP contribution in [0.15, 0.2) is 12.1 Å². The van der Waals surface area contributed by atoms with Crippen LogP contribution in [0, 0.1) is 19.8 Å². The fraction of sp³-hybridized carbons (Fsp3) is 0.474. The van der Waals surface area contributed by atoms with Crippen molar-refractivity contribution in [3.8, 4) is 0 Å². The highest BCUT2D eigenvalue weighted by molar-refractivity contribution is 7.22. The number of nitrogens with one attached hydrogen (secondary N) is 2. The van der Waals surface area contributed by atoms with Gasteiger partial charge in [0.05, 0.1) is 16.6 Å². The molecule has 28 heavy (non-hydrogen) atoms. The van der Waals surface area contributed by atoms with Crippen LogP contribution in [0.25, 0.3) is 10.2 Å². The zero-order chi connectivity index (χ0) is 21.0. The number of amides is 1. The molecule has 0 aliphatic rings. The zero-order valence-electron chi connectivity index (χ0n) is 16.3. The molecule has 1 heterocycles. The highest BCUT2D eigenvalue weighted by Crippen LogP contribution is 2.28. The van der Waals surface area contributed by atoms with E-state index in [2.05, 4.69) is 15.6 Å². The second-order valence-electron chi connectivity index (χ2n) is 7.25. The molecule has 0 radical (unpaired) electrons. The third-order valence-corrected chi connectivity index (χ3v) is 5.28. The highest BCUT2D eigenvalue weighted by Gasteiger charge is 2.28. The molecule has 9 heteroatoms. The normalized spacial score (nSPS) is 13.5. The summed E-state index contributed by atoms with van der Waals surface area (Å²) >= 11 is 1.31. The first-order chi connectivity index (χ1) is 13.1. The van der Waals surface area contributed by atoms with Crippen LogP contribution >= 0.6 is 11.3 Å². The van der Waals surface area contributed by atoms with Gasteiger partial charge in [-0.1, -0.05) is 25.2 Å². The van der Waals surface area contributed by atoms with E-state index in [1.807, 2.05) is 39.8 Å². The number of carboxylic acids is 2. The maximum atomic E-state index is 12.3. The van der Waals surface area contributed by atoms with E-state index in [0.717, 1.165) is 21.3 Å². The Morgan fingerprint density at radius 2 is 1.68 bits per heavy atom. The minimum atomic E-state index is -1.31. The number of carbonyl (C=O) groups excluding carboxylic acids is 1. The van der Waals surface area contributed by atoms with Gasteiger partial charge in [0.25, 0.3) is 0 Å². The number of hydrogen-bond acceptors (Lipinski definition) is 6. The fourth-order valence-electron chi connectivity index (χ4n) is 2.76. The predicted octanol–water partition coefficient (Wildman–Crippen LogP) is 2.78. The molecule has 2 aromatic rings. The molecule has 1 aromatic heterocycles. The molecular formula is C19H25N3O5S. The largest absolute Gasteiger partial charge is 0.480 e. The molecule has 1 unspecified atom stereocenters. The van der Waals surface area contributed by atoms with Crippen molar-refractivity contribution in [1.29, 1.82) is 0 Å². The van der Waals surface area contributed by atoms with Gasteiger partial charge in [-0.05, 0) is 49.4 Å². The number of thiazole rings is 1. The van der Waals surface area contributed by atoms with Gasteiger partial charge < -0.3 is 15.5 Å². The lowest BCUT2D eigenvalue weighted by Gasteiger charge is -2.21. The Hall–Kier alpha value is -2.52. The van der Waals surface area contributed by atoms with Crippen molar-refractivity contribution < 1.29 is 24.6 Å². The average Bonchev–Trinajstić information content (AvgIpc) is 2.93. The molecule has 2 rings (SSSR count). The number of rotatable bonds is 9. The molecule has 0 saturated heterocycles. The molecule has 0 saturated carbocycles. The molecule has 0 bridgehead atoms. The number of benzene rings is 1. The molecule has 0 aliphatic heterocycles. The molecule has 0 spiro atoms. The quantitative estimate of drug-likeness (QED) is 0.503. The Kier molecular flexibility index (Phi) is 7.09. The lowest BCUT2D eigenvalue weighted by molar-refractivity contribution is -0.144. The smallest absolute Gasteiger partial charge is 0.321 e. The van der Waals surface area contributed by atoms with Crippen LogP contribution in [0.5, 0.6) is 0 Å². The summed E-state index contributed by atoms with van der Waals surface area (Å²) in [6.07, 6.45) is -0.136. The van der Waals surface area contributed by atoms with Crippen LogP contribution in [0.1, 0.15) is 37.8 Å². The van der Waals surface area contributed by atoms with Gasteiger partial charge in [0.2, 0.25) is 5.91 Å². The molecule has 8 nitrogen and oxygen atoms in total. The van der Waals surface area contributed by atoms with Gasteiger partial charge in [-0.2, -0.15) is 0 Å². The van der Waals surface area contributed by atoms with Crippen molar-refractivity contribution in [2.45, 2.75) is 52.6 Å². The standard InChI is InChI=1S/C19H25N3O5S/c1-9(2)5-13(17(24)25)20-14(18(26)27)8-16(23)22-19-21-12-6-10(3)11(4)7-15(12)28-19/h6-7,9,13-14,20H,5,8H2,1-4H3,(H,24,25)(H,26,27)(H,21,22,23)/t13-,14?/m0/s1. The Morgan fingerprint density at radius 3 is 2.25 bits per heavy atom. The van der Waals surface area contributed by atoms with Crippen molar-refractivity contribution in [2.75, 3.05) is 5.32 Å². The molecule has 1 aromatic carbocycles. The van der Waals surface area contributed by atoms with E-state index >= 15 is 0 Å². The SMILES string of the molecule is Cc1cc2nc(NC(=O)CC(N[C@@H](CC(C)C)C(=O)O)C(=O)O)sc2cc1C. The number of aryl methyl sites for hydroxylation is 2. The second kappa shape index (κ2) is 9.11. The van der Waals surface area contributed by atoms with E-state index in [1.165, 1.54) is 11.3 Å². The van der Waals surface area contributed by atoms with Crippen molar-refractivity contribution in [3.63, 3.8) is 0 Å². The van der Waals surface area contributed by atoms with Crippen molar-refractivity contribution in [3.05, 3.63) is 23.3 Å². The first kappa shape index (κ1) is 21.8. The molecule has 2 atom stereocenters. The van der Waals surface area contributed by atoms with Gasteiger partial charge in [-0.15, -0.1) is 0 Å². The number of hydrogen-bond donors (Lipinski definition) is 4. The highest BCUT2D eigenvalue weighted by atomic mass is 32.1. The first-order valence-corrected chi connectivity index (χ1v) is 9.77. The number of carbonyl (C=O) groups is 3. The van der Waals surface area contributed by atoms with Gasteiger partial charge in [-0.3, -0.25) is 19.7 Å². The third kappa shape index (κ3) is 5.74. The Labute approximate surface area is 167 Å². The number of carboxylic acid groups (broad SMARTS) is 2. The van der Waals surface area contributed by atoms with Crippen LogP contribution in [0.4, 0.5) is 5.13 Å². The van der Waals surface area contributed by atoms with Crippen molar-refractivity contribution in [2.24, 2.45) is 5.92 Å². The van der Waals surface area contributed by atoms with Crippen LogP contribution < -0.4 is 10.6 Å². The van der Waals surface area contributed by atoms with Gasteiger partial charge in [0.15, 0.2) is 5.13 Å². The lowest BCUT2D eigenvalue weighted by atomic mass is 10.0. The summed E-state index contributed by atoms with van der Waals surface area (Å²) in [5.74, 6) is -2.90. The van der Waals surface area contributed by atoms with Crippen molar-refractivity contribution >= 4 is 44.5 Å². The van der Waals surface area contributed by atoms with Crippen LogP contribution in [-0.2, 0) is 14.4 Å².